The third kappa shape index (κ3) is 4.22. The van der Waals surface area contributed by atoms with Gasteiger partial charge >= 0.3 is 0 Å². The minimum atomic E-state index is -0.259. The van der Waals surface area contributed by atoms with Crippen LogP contribution in [0.3, 0.4) is 0 Å². The van der Waals surface area contributed by atoms with Crippen molar-refractivity contribution < 1.29 is 0 Å². The largest absolute Gasteiger partial charge is 0.294 e. The summed E-state index contributed by atoms with van der Waals surface area (Å²) in [4.78, 5) is 5.46. The number of hydrogen-bond donors (Lipinski definition) is 0. The average molecular weight is 556 g/mol. The van der Waals surface area contributed by atoms with Crippen molar-refractivity contribution in [3.8, 4) is 6.07 Å². The van der Waals surface area contributed by atoms with Crippen molar-refractivity contribution in [3.63, 3.8) is 0 Å². The van der Waals surface area contributed by atoms with Crippen LogP contribution in [0.4, 0.5) is 0 Å². The maximum Gasteiger partial charge on any atom is 0.131 e. The van der Waals surface area contributed by atoms with E-state index < -0.39 is 0 Å². The van der Waals surface area contributed by atoms with Crippen LogP contribution in [0.2, 0.25) is 0 Å². The number of nitriles is 1. The Morgan fingerprint density at radius 3 is 2.23 bits per heavy atom. The summed E-state index contributed by atoms with van der Waals surface area (Å²) in [6.07, 6.45) is 1.99. The van der Waals surface area contributed by atoms with E-state index in [1.54, 1.807) is 0 Å². The van der Waals surface area contributed by atoms with E-state index in [4.69, 9.17) is 4.99 Å². The van der Waals surface area contributed by atoms with E-state index in [9.17, 15) is 5.26 Å². The Balaban J connectivity index is 1.52. The highest BCUT2D eigenvalue weighted by Crippen LogP contribution is 2.49. The molecule has 0 N–H and O–H groups in total. The SMILES string of the molecule is C=C(/N=C(\C1=C(CCC)c2ccccc2C1(C)C)c1ccc(C#N)cc1)n1c2ccccc2c2cc3ccccc3cc21. The lowest BCUT2D eigenvalue weighted by molar-refractivity contribution is 0.661. The molecule has 0 atom stereocenters. The smallest absolute Gasteiger partial charge is 0.131 e. The number of rotatable bonds is 6. The predicted octanol–water partition coefficient (Wildman–Crippen LogP) is 10.3. The van der Waals surface area contributed by atoms with Gasteiger partial charge in [-0.15, -0.1) is 0 Å². The van der Waals surface area contributed by atoms with Crippen molar-refractivity contribution in [1.82, 2.24) is 4.57 Å². The van der Waals surface area contributed by atoms with Crippen molar-refractivity contribution in [2.75, 3.05) is 0 Å². The molecule has 1 aliphatic carbocycles. The zero-order valence-electron chi connectivity index (χ0n) is 24.9. The van der Waals surface area contributed by atoms with Crippen LogP contribution >= 0.6 is 0 Å². The normalized spacial score (nSPS) is 14.4. The molecule has 0 saturated heterocycles. The summed E-state index contributed by atoms with van der Waals surface area (Å²) in [6, 6.07) is 40.4. The van der Waals surface area contributed by atoms with Gasteiger partial charge in [0.25, 0.3) is 0 Å². The van der Waals surface area contributed by atoms with E-state index in [1.165, 1.54) is 43.8 Å². The molecule has 3 heteroatoms. The summed E-state index contributed by atoms with van der Waals surface area (Å²) in [5.74, 6) is 0.663. The summed E-state index contributed by atoms with van der Waals surface area (Å²) in [5, 5.41) is 14.3. The number of aliphatic imine (C=N–C) groups is 1. The van der Waals surface area contributed by atoms with Gasteiger partial charge in [0.2, 0.25) is 0 Å². The molecule has 0 radical (unpaired) electrons. The van der Waals surface area contributed by atoms with Crippen LogP contribution in [-0.4, -0.2) is 10.3 Å². The van der Waals surface area contributed by atoms with Crippen LogP contribution in [0.5, 0.6) is 0 Å². The summed E-state index contributed by atoms with van der Waals surface area (Å²) in [7, 11) is 0. The van der Waals surface area contributed by atoms with Gasteiger partial charge in [-0.1, -0.05) is 113 Å². The first-order chi connectivity index (χ1) is 20.9. The van der Waals surface area contributed by atoms with Crippen LogP contribution in [0.1, 0.15) is 55.9 Å². The molecule has 0 aliphatic heterocycles. The first-order valence-electron chi connectivity index (χ1n) is 15.0. The van der Waals surface area contributed by atoms with Crippen molar-refractivity contribution in [2.45, 2.75) is 39.0 Å². The first-order valence-corrected chi connectivity index (χ1v) is 15.0. The monoisotopic (exact) mass is 555 g/mol. The molecular weight excluding hydrogens is 522 g/mol. The van der Waals surface area contributed by atoms with E-state index >= 15 is 0 Å². The number of allylic oxidation sites excluding steroid dienone is 2. The molecule has 1 heterocycles. The van der Waals surface area contributed by atoms with Gasteiger partial charge in [0.15, 0.2) is 0 Å². The number of hydrogen-bond acceptors (Lipinski definition) is 2. The van der Waals surface area contributed by atoms with Gasteiger partial charge in [-0.25, -0.2) is 4.99 Å². The molecule has 1 aromatic heterocycles. The topological polar surface area (TPSA) is 41.1 Å². The summed E-state index contributed by atoms with van der Waals surface area (Å²) >= 11 is 0. The van der Waals surface area contributed by atoms with E-state index in [0.29, 0.717) is 11.4 Å². The molecular formula is C40H33N3. The Bertz CT molecular complexity index is 2180. The molecule has 5 aromatic carbocycles. The lowest BCUT2D eigenvalue weighted by Gasteiger charge is -2.27. The maximum atomic E-state index is 9.53. The Hall–Kier alpha value is -5.20. The summed E-state index contributed by atoms with van der Waals surface area (Å²) in [6.45, 7) is 11.5. The van der Waals surface area contributed by atoms with Crippen LogP contribution in [0, 0.1) is 11.3 Å². The number of nitrogens with zero attached hydrogens (tertiary/aromatic N) is 3. The Morgan fingerprint density at radius 1 is 0.814 bits per heavy atom. The molecule has 43 heavy (non-hydrogen) atoms. The highest BCUT2D eigenvalue weighted by atomic mass is 15.1. The van der Waals surface area contributed by atoms with E-state index in [1.807, 2.05) is 24.3 Å². The van der Waals surface area contributed by atoms with Crippen molar-refractivity contribution >= 4 is 49.7 Å². The van der Waals surface area contributed by atoms with Gasteiger partial charge in [-0.2, -0.15) is 5.26 Å². The fourth-order valence-corrected chi connectivity index (χ4v) is 6.97. The number of aromatic nitrogens is 1. The molecule has 1 aliphatic rings. The van der Waals surface area contributed by atoms with Crippen LogP contribution in [0.15, 0.2) is 126 Å². The standard InChI is InChI=1S/C40H33N3/c1-5-12-33-31-15-8-10-17-35(31)40(3,4)38(33)39(28-21-19-27(25-41)20-22-28)42-26(2)43-36-18-11-9-16-32(36)34-23-29-13-6-7-14-30(29)24-37(34)43/h6-11,13-24H,2,5,12H2,1,3-4H3/b42-39-. The van der Waals surface area contributed by atoms with Gasteiger partial charge in [0.05, 0.1) is 28.4 Å². The van der Waals surface area contributed by atoms with Gasteiger partial charge in [0.1, 0.15) is 5.82 Å². The minimum absolute atomic E-state index is 0.259. The highest BCUT2D eigenvalue weighted by Gasteiger charge is 2.40. The zero-order chi connectivity index (χ0) is 29.7. The molecule has 0 spiro atoms. The Labute approximate surface area is 252 Å². The lowest BCUT2D eigenvalue weighted by Crippen LogP contribution is -2.24. The quantitative estimate of drug-likeness (QED) is 0.189. The molecule has 3 nitrogen and oxygen atoms in total. The van der Waals surface area contributed by atoms with Gasteiger partial charge < -0.3 is 0 Å². The van der Waals surface area contributed by atoms with Gasteiger partial charge in [-0.3, -0.25) is 4.57 Å². The Morgan fingerprint density at radius 2 is 1.49 bits per heavy atom. The first kappa shape index (κ1) is 26.7. The number of fused-ring (bicyclic) bond motifs is 5. The minimum Gasteiger partial charge on any atom is -0.294 e. The Kier molecular flexibility index (Phi) is 6.37. The third-order valence-corrected chi connectivity index (χ3v) is 8.92. The van der Waals surface area contributed by atoms with E-state index in [2.05, 4.69) is 123 Å². The molecule has 0 unspecified atom stereocenters. The molecule has 0 amide bonds. The lowest BCUT2D eigenvalue weighted by atomic mass is 9.77. The molecule has 7 rings (SSSR count). The zero-order valence-corrected chi connectivity index (χ0v) is 24.9. The van der Waals surface area contributed by atoms with Crippen molar-refractivity contribution in [1.29, 1.82) is 5.26 Å². The summed E-state index contributed by atoms with van der Waals surface area (Å²) in [5.41, 5.74) is 9.63. The summed E-state index contributed by atoms with van der Waals surface area (Å²) < 4.78 is 2.20. The van der Waals surface area contributed by atoms with Crippen molar-refractivity contribution in [2.24, 2.45) is 4.99 Å². The molecule has 208 valence electrons. The number of para-hydroxylation sites is 1. The average Bonchev–Trinajstić information content (AvgIpc) is 3.47. The molecule has 6 aromatic rings. The van der Waals surface area contributed by atoms with E-state index in [-0.39, 0.29) is 5.41 Å². The number of benzene rings is 5. The second-order valence-electron chi connectivity index (χ2n) is 11.9. The van der Waals surface area contributed by atoms with Crippen LogP contribution in [0.25, 0.3) is 44.0 Å². The van der Waals surface area contributed by atoms with Gasteiger partial charge in [-0.05, 0) is 69.8 Å². The maximum absolute atomic E-state index is 9.53. The second-order valence-corrected chi connectivity index (χ2v) is 11.9. The highest BCUT2D eigenvalue weighted by molar-refractivity contribution is 6.21. The molecule has 0 saturated carbocycles. The molecule has 0 fully saturated rings. The second kappa shape index (κ2) is 10.3. The molecule has 0 bridgehead atoms. The van der Waals surface area contributed by atoms with E-state index in [0.717, 1.165) is 35.2 Å². The van der Waals surface area contributed by atoms with Crippen LogP contribution < -0.4 is 0 Å². The van der Waals surface area contributed by atoms with Crippen molar-refractivity contribution in [3.05, 3.63) is 144 Å². The fraction of sp³-hybridized carbons (Fsp3) is 0.150. The van der Waals surface area contributed by atoms with Gasteiger partial charge in [0, 0.05) is 21.8 Å². The van der Waals surface area contributed by atoms with Crippen LogP contribution in [-0.2, 0) is 5.41 Å². The third-order valence-electron chi connectivity index (χ3n) is 8.92. The predicted molar refractivity (Wildman–Crippen MR) is 181 cm³/mol. The fourth-order valence-electron chi connectivity index (χ4n) is 6.97.